The van der Waals surface area contributed by atoms with Crippen LogP contribution >= 0.6 is 0 Å². The first-order valence-electron chi connectivity index (χ1n) is 17.0. The molecule has 0 aliphatic carbocycles. The summed E-state index contributed by atoms with van der Waals surface area (Å²) in [6.45, 7) is 17.6. The van der Waals surface area contributed by atoms with Crippen molar-refractivity contribution in [2.75, 3.05) is 13.2 Å². The molecule has 0 radical (unpaired) electrons. The lowest BCUT2D eigenvalue weighted by molar-refractivity contribution is -0.150. The molecule has 4 heteroatoms. The zero-order valence-corrected chi connectivity index (χ0v) is 28.6. The SMILES string of the molecule is CCOC(=O)C(C)(CCCCCCCCCC(C)(C(=O)OCC)c1ccc(CC(C)C)cc1)c1ccc(CC(C)C)cc1. The third-order valence-corrected chi connectivity index (χ3v) is 8.78. The minimum absolute atomic E-state index is 0.120. The quantitative estimate of drug-likeness (QED) is 0.113. The van der Waals surface area contributed by atoms with Gasteiger partial charge in [-0.1, -0.05) is 121 Å². The highest BCUT2D eigenvalue weighted by molar-refractivity contribution is 5.83. The molecule has 0 N–H and O–H groups in total. The van der Waals surface area contributed by atoms with Crippen molar-refractivity contribution in [3.8, 4) is 0 Å². The van der Waals surface area contributed by atoms with Gasteiger partial charge in [0.15, 0.2) is 0 Å². The molecule has 43 heavy (non-hydrogen) atoms. The van der Waals surface area contributed by atoms with Crippen LogP contribution < -0.4 is 0 Å². The Kier molecular flexibility index (Phi) is 15.5. The molecule has 0 aliphatic heterocycles. The highest BCUT2D eigenvalue weighted by atomic mass is 16.5. The molecule has 4 nitrogen and oxygen atoms in total. The summed E-state index contributed by atoms with van der Waals surface area (Å²) in [6.07, 6.45) is 11.3. The maximum absolute atomic E-state index is 13.0. The highest BCUT2D eigenvalue weighted by Crippen LogP contribution is 2.34. The van der Waals surface area contributed by atoms with E-state index in [9.17, 15) is 9.59 Å². The Bertz CT molecular complexity index is 998. The Hall–Kier alpha value is -2.62. The van der Waals surface area contributed by atoms with Crippen LogP contribution in [0, 0.1) is 11.8 Å². The van der Waals surface area contributed by atoms with Gasteiger partial charge in [0.25, 0.3) is 0 Å². The topological polar surface area (TPSA) is 52.6 Å². The van der Waals surface area contributed by atoms with Gasteiger partial charge in [-0.2, -0.15) is 0 Å². The van der Waals surface area contributed by atoms with Crippen molar-refractivity contribution in [1.29, 1.82) is 0 Å². The van der Waals surface area contributed by atoms with E-state index in [1.807, 2.05) is 27.7 Å². The monoisotopic (exact) mass is 592 g/mol. The summed E-state index contributed by atoms with van der Waals surface area (Å²) in [5.74, 6) is 0.976. The maximum Gasteiger partial charge on any atom is 0.316 e. The number of carbonyl (C=O) groups excluding carboxylic acids is 2. The van der Waals surface area contributed by atoms with Crippen LogP contribution in [-0.2, 0) is 42.7 Å². The number of esters is 2. The predicted molar refractivity (Wildman–Crippen MR) is 179 cm³/mol. The molecule has 0 fully saturated rings. The molecule has 2 rings (SSSR count). The van der Waals surface area contributed by atoms with E-state index in [4.69, 9.17) is 9.47 Å². The predicted octanol–water partition coefficient (Wildman–Crippen LogP) is 9.94. The third-order valence-electron chi connectivity index (χ3n) is 8.78. The van der Waals surface area contributed by atoms with Crippen molar-refractivity contribution in [3.63, 3.8) is 0 Å². The Morgan fingerprint density at radius 1 is 0.558 bits per heavy atom. The minimum atomic E-state index is -0.614. The zero-order valence-electron chi connectivity index (χ0n) is 28.6. The van der Waals surface area contributed by atoms with Crippen molar-refractivity contribution in [3.05, 3.63) is 70.8 Å². The van der Waals surface area contributed by atoms with Crippen molar-refractivity contribution >= 4 is 11.9 Å². The molecule has 2 aromatic carbocycles. The normalized spacial score (nSPS) is 14.4. The first-order valence-corrected chi connectivity index (χ1v) is 17.0. The fourth-order valence-electron chi connectivity index (χ4n) is 6.11. The maximum atomic E-state index is 13.0. The van der Waals surface area contributed by atoms with E-state index < -0.39 is 10.8 Å². The molecule has 0 heterocycles. The fourth-order valence-corrected chi connectivity index (χ4v) is 6.11. The molecule has 240 valence electrons. The Labute approximate surface area is 263 Å². The number of unbranched alkanes of at least 4 members (excludes halogenated alkanes) is 6. The van der Waals surface area contributed by atoms with Gasteiger partial charge in [0.1, 0.15) is 0 Å². The summed E-state index contributed by atoms with van der Waals surface area (Å²) in [7, 11) is 0. The lowest BCUT2D eigenvalue weighted by Gasteiger charge is -2.28. The Morgan fingerprint density at radius 2 is 0.860 bits per heavy atom. The summed E-state index contributed by atoms with van der Waals surface area (Å²) in [4.78, 5) is 26.1. The van der Waals surface area contributed by atoms with E-state index in [-0.39, 0.29) is 11.9 Å². The van der Waals surface area contributed by atoms with Crippen LogP contribution in [0.2, 0.25) is 0 Å². The van der Waals surface area contributed by atoms with Crippen LogP contribution in [0.15, 0.2) is 48.5 Å². The van der Waals surface area contributed by atoms with Gasteiger partial charge in [-0.15, -0.1) is 0 Å². The van der Waals surface area contributed by atoms with Gasteiger partial charge in [0.2, 0.25) is 0 Å². The number of ether oxygens (including phenoxy) is 2. The average Bonchev–Trinajstić information content (AvgIpc) is 2.96. The van der Waals surface area contributed by atoms with Gasteiger partial charge in [0.05, 0.1) is 24.0 Å². The van der Waals surface area contributed by atoms with Gasteiger partial charge in [-0.05, 0) is 87.5 Å². The summed E-state index contributed by atoms with van der Waals surface area (Å²) >= 11 is 0. The number of rotatable bonds is 20. The van der Waals surface area contributed by atoms with Crippen molar-refractivity contribution < 1.29 is 19.1 Å². The van der Waals surface area contributed by atoms with Crippen molar-refractivity contribution in [2.24, 2.45) is 11.8 Å². The van der Waals surface area contributed by atoms with Gasteiger partial charge in [-0.3, -0.25) is 9.59 Å². The second kappa shape index (κ2) is 18.2. The Balaban J connectivity index is 1.84. The molecule has 2 atom stereocenters. The van der Waals surface area contributed by atoms with Gasteiger partial charge in [0, 0.05) is 0 Å². The molecule has 0 saturated carbocycles. The lowest BCUT2D eigenvalue weighted by Crippen LogP contribution is -2.34. The molecular formula is C39H60O4. The summed E-state index contributed by atoms with van der Waals surface area (Å²) in [5.41, 5.74) is 3.50. The van der Waals surface area contributed by atoms with E-state index in [0.29, 0.717) is 25.0 Å². The summed E-state index contributed by atoms with van der Waals surface area (Å²) in [6, 6.07) is 17.2. The van der Waals surface area contributed by atoms with Crippen LogP contribution in [0.3, 0.4) is 0 Å². The molecule has 0 aromatic heterocycles. The van der Waals surface area contributed by atoms with Crippen LogP contribution in [0.1, 0.15) is 135 Å². The smallest absolute Gasteiger partial charge is 0.316 e. The largest absolute Gasteiger partial charge is 0.465 e. The molecule has 0 saturated heterocycles. The van der Waals surface area contributed by atoms with Crippen molar-refractivity contribution in [1.82, 2.24) is 0 Å². The Morgan fingerprint density at radius 3 is 1.14 bits per heavy atom. The molecule has 0 amide bonds. The second-order valence-electron chi connectivity index (χ2n) is 13.7. The number of carbonyl (C=O) groups is 2. The molecular weight excluding hydrogens is 532 g/mol. The number of benzene rings is 2. The molecule has 0 bridgehead atoms. The summed E-state index contributed by atoms with van der Waals surface area (Å²) in [5, 5.41) is 0. The fraction of sp³-hybridized carbons (Fsp3) is 0.641. The molecule has 2 aromatic rings. The second-order valence-corrected chi connectivity index (χ2v) is 13.7. The number of hydrogen-bond acceptors (Lipinski definition) is 4. The van der Waals surface area contributed by atoms with E-state index >= 15 is 0 Å². The van der Waals surface area contributed by atoms with Crippen LogP contribution in [-0.4, -0.2) is 25.2 Å². The average molecular weight is 593 g/mol. The summed E-state index contributed by atoms with van der Waals surface area (Å²) < 4.78 is 11.0. The van der Waals surface area contributed by atoms with E-state index in [1.165, 1.54) is 17.5 Å². The first kappa shape index (κ1) is 36.6. The number of hydrogen-bond donors (Lipinski definition) is 0. The van der Waals surface area contributed by atoms with Crippen LogP contribution in [0.4, 0.5) is 0 Å². The molecule has 2 unspecified atom stereocenters. The van der Waals surface area contributed by atoms with Crippen LogP contribution in [0.25, 0.3) is 0 Å². The van der Waals surface area contributed by atoms with E-state index in [0.717, 1.165) is 75.3 Å². The molecule has 0 aliphatic rings. The standard InChI is InChI=1S/C39H60O4/c1-9-42-36(40)38(7,34-22-18-32(19-23-34)28-30(3)4)26-16-14-12-11-13-15-17-27-39(8,37(41)43-10-2)35-24-20-33(21-25-35)29-31(5)6/h18-25,30-31H,9-17,26-29H2,1-8H3. The minimum Gasteiger partial charge on any atom is -0.465 e. The van der Waals surface area contributed by atoms with E-state index in [1.54, 1.807) is 0 Å². The first-order chi connectivity index (χ1) is 20.5. The molecule has 0 spiro atoms. The van der Waals surface area contributed by atoms with Gasteiger partial charge < -0.3 is 9.47 Å². The lowest BCUT2D eigenvalue weighted by atomic mass is 9.77. The van der Waals surface area contributed by atoms with Crippen LogP contribution in [0.5, 0.6) is 0 Å². The van der Waals surface area contributed by atoms with Crippen molar-refractivity contribution in [2.45, 2.75) is 137 Å². The highest BCUT2D eigenvalue weighted by Gasteiger charge is 2.37. The van der Waals surface area contributed by atoms with Gasteiger partial charge >= 0.3 is 11.9 Å². The zero-order chi connectivity index (χ0) is 31.9. The third kappa shape index (κ3) is 11.4. The van der Waals surface area contributed by atoms with Gasteiger partial charge in [-0.25, -0.2) is 0 Å². The van der Waals surface area contributed by atoms with E-state index in [2.05, 4.69) is 76.2 Å².